The maximum Gasteiger partial charge on any atom is 0.328 e. The van der Waals surface area contributed by atoms with Gasteiger partial charge in [0, 0.05) is 12.7 Å². The summed E-state index contributed by atoms with van der Waals surface area (Å²) in [7, 11) is 0. The molecule has 0 aliphatic heterocycles. The van der Waals surface area contributed by atoms with Crippen molar-refractivity contribution in [2.45, 2.75) is 13.5 Å². The van der Waals surface area contributed by atoms with E-state index in [0.29, 0.717) is 13.2 Å². The predicted molar refractivity (Wildman–Crippen MR) is 58.4 cm³/mol. The molecule has 0 atom stereocenters. The lowest BCUT2D eigenvalue weighted by Crippen LogP contribution is -1.91. The van der Waals surface area contributed by atoms with Crippen molar-refractivity contribution in [1.29, 1.82) is 0 Å². The van der Waals surface area contributed by atoms with E-state index in [0.717, 1.165) is 17.2 Å². The van der Waals surface area contributed by atoms with Crippen LogP contribution in [-0.2, 0) is 16.1 Å². The molecule has 0 aliphatic rings. The molecule has 3 heteroatoms. The fourth-order valence-corrected chi connectivity index (χ4v) is 1.11. The molecule has 1 rings (SSSR count). The summed E-state index contributed by atoms with van der Waals surface area (Å²) in [6.07, 6.45) is 2.68. The second kappa shape index (κ2) is 5.98. The minimum atomic E-state index is -0.937. The highest BCUT2D eigenvalue weighted by Crippen LogP contribution is 2.07. The Morgan fingerprint density at radius 2 is 2.07 bits per heavy atom. The third-order valence-corrected chi connectivity index (χ3v) is 1.87. The van der Waals surface area contributed by atoms with Crippen LogP contribution >= 0.6 is 0 Å². The molecule has 0 saturated heterocycles. The fraction of sp³-hybridized carbons (Fsp3) is 0.250. The van der Waals surface area contributed by atoms with Crippen LogP contribution in [0.1, 0.15) is 18.1 Å². The minimum absolute atomic E-state index is 0.597. The number of aliphatic carboxylic acids is 1. The van der Waals surface area contributed by atoms with E-state index in [-0.39, 0.29) is 0 Å². The quantitative estimate of drug-likeness (QED) is 0.752. The number of hydrogen-bond donors (Lipinski definition) is 1. The molecule has 0 spiro atoms. The van der Waals surface area contributed by atoms with E-state index < -0.39 is 5.97 Å². The van der Waals surface area contributed by atoms with E-state index in [1.165, 1.54) is 0 Å². The maximum absolute atomic E-state index is 10.3. The van der Waals surface area contributed by atoms with Crippen molar-refractivity contribution in [2.75, 3.05) is 6.61 Å². The Balaban J connectivity index is 2.60. The van der Waals surface area contributed by atoms with E-state index in [1.807, 2.05) is 31.2 Å². The monoisotopic (exact) mass is 206 g/mol. The molecular formula is C12H14O3. The van der Waals surface area contributed by atoms with Crippen molar-refractivity contribution in [1.82, 2.24) is 0 Å². The molecule has 0 unspecified atom stereocenters. The van der Waals surface area contributed by atoms with Gasteiger partial charge in [-0.2, -0.15) is 0 Å². The Labute approximate surface area is 89.0 Å². The lowest BCUT2D eigenvalue weighted by molar-refractivity contribution is -0.131. The summed E-state index contributed by atoms with van der Waals surface area (Å²) in [6, 6.07) is 7.59. The highest BCUT2D eigenvalue weighted by molar-refractivity contribution is 5.85. The molecule has 1 aromatic rings. The molecule has 1 N–H and O–H groups in total. The smallest absolute Gasteiger partial charge is 0.328 e. The number of carboxylic acids is 1. The Bertz CT molecular complexity index is 338. The third-order valence-electron chi connectivity index (χ3n) is 1.87. The SMILES string of the molecule is CCOCc1ccc(/C=C/C(=O)O)cc1. The van der Waals surface area contributed by atoms with Crippen LogP contribution in [0.2, 0.25) is 0 Å². The molecule has 0 aliphatic carbocycles. The second-order valence-electron chi connectivity index (χ2n) is 3.05. The first kappa shape index (κ1) is 11.5. The van der Waals surface area contributed by atoms with Crippen molar-refractivity contribution < 1.29 is 14.6 Å². The van der Waals surface area contributed by atoms with Crippen molar-refractivity contribution in [3.8, 4) is 0 Å². The normalized spacial score (nSPS) is 10.7. The Morgan fingerprint density at radius 3 is 2.60 bits per heavy atom. The number of ether oxygens (including phenoxy) is 1. The maximum atomic E-state index is 10.3. The van der Waals surface area contributed by atoms with Gasteiger partial charge in [0.2, 0.25) is 0 Å². The minimum Gasteiger partial charge on any atom is -0.478 e. The molecule has 0 fully saturated rings. The summed E-state index contributed by atoms with van der Waals surface area (Å²) >= 11 is 0. The van der Waals surface area contributed by atoms with Crippen molar-refractivity contribution >= 4 is 12.0 Å². The van der Waals surface area contributed by atoms with Gasteiger partial charge in [-0.05, 0) is 24.1 Å². The molecule has 0 amide bonds. The Kier molecular flexibility index (Phi) is 4.57. The van der Waals surface area contributed by atoms with Crippen molar-refractivity contribution in [3.63, 3.8) is 0 Å². The summed E-state index contributed by atoms with van der Waals surface area (Å²) in [4.78, 5) is 10.3. The van der Waals surface area contributed by atoms with Gasteiger partial charge in [-0.3, -0.25) is 0 Å². The van der Waals surface area contributed by atoms with Gasteiger partial charge in [0.1, 0.15) is 0 Å². The molecular weight excluding hydrogens is 192 g/mol. The lowest BCUT2D eigenvalue weighted by atomic mass is 10.1. The Hall–Kier alpha value is -1.61. The summed E-state index contributed by atoms with van der Waals surface area (Å²) in [6.45, 7) is 3.24. The van der Waals surface area contributed by atoms with Crippen molar-refractivity contribution in [2.24, 2.45) is 0 Å². The van der Waals surface area contributed by atoms with Crippen LogP contribution in [0.5, 0.6) is 0 Å². The molecule has 80 valence electrons. The number of carbonyl (C=O) groups is 1. The van der Waals surface area contributed by atoms with Gasteiger partial charge in [-0.1, -0.05) is 24.3 Å². The van der Waals surface area contributed by atoms with Crippen LogP contribution in [-0.4, -0.2) is 17.7 Å². The molecule has 0 heterocycles. The van der Waals surface area contributed by atoms with Crippen LogP contribution in [0.4, 0.5) is 0 Å². The van der Waals surface area contributed by atoms with Gasteiger partial charge < -0.3 is 9.84 Å². The average molecular weight is 206 g/mol. The van der Waals surface area contributed by atoms with Crippen molar-refractivity contribution in [3.05, 3.63) is 41.5 Å². The first-order valence-corrected chi connectivity index (χ1v) is 4.80. The second-order valence-corrected chi connectivity index (χ2v) is 3.05. The molecule has 3 nitrogen and oxygen atoms in total. The average Bonchev–Trinajstić information content (AvgIpc) is 2.25. The molecule has 0 aromatic heterocycles. The van der Waals surface area contributed by atoms with Crippen LogP contribution < -0.4 is 0 Å². The topological polar surface area (TPSA) is 46.5 Å². The standard InChI is InChI=1S/C12H14O3/c1-2-15-9-11-5-3-10(4-6-11)7-8-12(13)14/h3-8H,2,9H2,1H3,(H,13,14)/b8-7+. The lowest BCUT2D eigenvalue weighted by Gasteiger charge is -2.01. The van der Waals surface area contributed by atoms with Crippen LogP contribution in [0.15, 0.2) is 30.3 Å². The molecule has 0 radical (unpaired) electrons. The van der Waals surface area contributed by atoms with E-state index in [1.54, 1.807) is 6.08 Å². The molecule has 0 bridgehead atoms. The van der Waals surface area contributed by atoms with Crippen LogP contribution in [0.25, 0.3) is 6.08 Å². The number of carboxylic acid groups (broad SMARTS) is 1. The fourth-order valence-electron chi connectivity index (χ4n) is 1.11. The van der Waals surface area contributed by atoms with Gasteiger partial charge in [0.05, 0.1) is 6.61 Å². The summed E-state index contributed by atoms with van der Waals surface area (Å²) in [5, 5.41) is 8.44. The van der Waals surface area contributed by atoms with Crippen LogP contribution in [0, 0.1) is 0 Å². The van der Waals surface area contributed by atoms with Gasteiger partial charge in [0.15, 0.2) is 0 Å². The van der Waals surface area contributed by atoms with Gasteiger partial charge >= 0.3 is 5.97 Å². The number of rotatable bonds is 5. The summed E-state index contributed by atoms with van der Waals surface area (Å²) < 4.78 is 5.25. The largest absolute Gasteiger partial charge is 0.478 e. The highest BCUT2D eigenvalue weighted by atomic mass is 16.5. The van der Waals surface area contributed by atoms with E-state index in [9.17, 15) is 4.79 Å². The van der Waals surface area contributed by atoms with E-state index in [2.05, 4.69) is 0 Å². The van der Waals surface area contributed by atoms with Gasteiger partial charge in [-0.25, -0.2) is 4.79 Å². The zero-order valence-electron chi connectivity index (χ0n) is 8.64. The zero-order valence-corrected chi connectivity index (χ0v) is 8.64. The Morgan fingerprint density at radius 1 is 1.40 bits per heavy atom. The van der Waals surface area contributed by atoms with Gasteiger partial charge in [-0.15, -0.1) is 0 Å². The zero-order chi connectivity index (χ0) is 11.1. The van der Waals surface area contributed by atoms with Crippen LogP contribution in [0.3, 0.4) is 0 Å². The molecule has 0 saturated carbocycles. The van der Waals surface area contributed by atoms with E-state index >= 15 is 0 Å². The third kappa shape index (κ3) is 4.42. The number of hydrogen-bond acceptors (Lipinski definition) is 2. The first-order chi connectivity index (χ1) is 7.22. The first-order valence-electron chi connectivity index (χ1n) is 4.80. The molecule has 15 heavy (non-hydrogen) atoms. The van der Waals surface area contributed by atoms with E-state index in [4.69, 9.17) is 9.84 Å². The summed E-state index contributed by atoms with van der Waals surface area (Å²) in [5.41, 5.74) is 1.96. The predicted octanol–water partition coefficient (Wildman–Crippen LogP) is 2.32. The summed E-state index contributed by atoms with van der Waals surface area (Å²) in [5.74, 6) is -0.937. The highest BCUT2D eigenvalue weighted by Gasteiger charge is 1.93. The van der Waals surface area contributed by atoms with Gasteiger partial charge in [0.25, 0.3) is 0 Å². The number of benzene rings is 1. The molecule has 1 aromatic carbocycles.